The van der Waals surface area contributed by atoms with Gasteiger partial charge in [-0.1, -0.05) is 41.0 Å². The molecule has 0 N–H and O–H groups in total. The molecule has 1 saturated carbocycles. The molecule has 78 valence electrons. The van der Waals surface area contributed by atoms with E-state index in [0.29, 0.717) is 0 Å². The van der Waals surface area contributed by atoms with Gasteiger partial charge in [-0.05, 0) is 42.4 Å². The molecule has 0 aliphatic heterocycles. The number of hydrogen-bond acceptors (Lipinski definition) is 0. The zero-order chi connectivity index (χ0) is 10.0. The van der Waals surface area contributed by atoms with E-state index in [1.54, 1.807) is 0 Å². The number of hydrogen-bond donors (Lipinski definition) is 0. The van der Waals surface area contributed by atoms with Gasteiger partial charge in [-0.3, -0.25) is 0 Å². The lowest BCUT2D eigenvalue weighted by Crippen LogP contribution is -2.38. The smallest absolute Gasteiger partial charge is 0.0355 e. The van der Waals surface area contributed by atoms with Crippen molar-refractivity contribution < 1.29 is 0 Å². The Morgan fingerprint density at radius 3 is 2.15 bits per heavy atom. The van der Waals surface area contributed by atoms with Crippen molar-refractivity contribution in [2.45, 2.75) is 53.9 Å². The first-order chi connectivity index (χ1) is 6.06. The van der Waals surface area contributed by atoms with Crippen molar-refractivity contribution in [2.75, 3.05) is 0 Å². The van der Waals surface area contributed by atoms with Gasteiger partial charge in [0.05, 0.1) is 0 Å². The average Bonchev–Trinajstić information content (AvgIpc) is 2.10. The third-order valence-corrected chi connectivity index (χ3v) is 4.12. The van der Waals surface area contributed by atoms with Gasteiger partial charge in [0.25, 0.3) is 0 Å². The molecule has 0 heteroatoms. The van der Waals surface area contributed by atoms with Crippen molar-refractivity contribution in [1.82, 2.24) is 0 Å². The van der Waals surface area contributed by atoms with Gasteiger partial charge in [-0.15, -0.1) is 0 Å². The molecule has 13 heavy (non-hydrogen) atoms. The fourth-order valence-electron chi connectivity index (χ4n) is 2.96. The molecule has 4 atom stereocenters. The van der Waals surface area contributed by atoms with E-state index in [2.05, 4.69) is 34.6 Å². The number of rotatable bonds is 4. The van der Waals surface area contributed by atoms with Crippen LogP contribution in [-0.2, 0) is 0 Å². The highest BCUT2D eigenvalue weighted by Crippen LogP contribution is 2.46. The third-order valence-electron chi connectivity index (χ3n) is 4.12. The van der Waals surface area contributed by atoms with E-state index < -0.39 is 0 Å². The maximum absolute atomic E-state index is 2.45. The summed E-state index contributed by atoms with van der Waals surface area (Å²) in [6, 6.07) is 0. The molecule has 0 spiro atoms. The Balaban J connectivity index is 2.39. The second-order valence-electron chi connectivity index (χ2n) is 5.53. The lowest BCUT2D eigenvalue weighted by atomic mass is 9.60. The van der Waals surface area contributed by atoms with Crippen LogP contribution < -0.4 is 0 Å². The minimum absolute atomic E-state index is 0.882. The van der Waals surface area contributed by atoms with Crippen molar-refractivity contribution in [1.29, 1.82) is 0 Å². The minimum atomic E-state index is 0.882. The Kier molecular flexibility index (Phi) is 3.82. The first-order valence-electron chi connectivity index (χ1n) is 6.06. The average molecular weight is 182 g/mol. The molecule has 1 rings (SSSR count). The van der Waals surface area contributed by atoms with Gasteiger partial charge in [0.2, 0.25) is 0 Å². The van der Waals surface area contributed by atoms with Gasteiger partial charge in [0, 0.05) is 0 Å². The molecule has 0 aromatic carbocycles. The van der Waals surface area contributed by atoms with E-state index in [1.807, 2.05) is 0 Å². The van der Waals surface area contributed by atoms with Crippen molar-refractivity contribution in [3.63, 3.8) is 0 Å². The van der Waals surface area contributed by atoms with Gasteiger partial charge >= 0.3 is 0 Å². The van der Waals surface area contributed by atoms with Crippen LogP contribution in [0.5, 0.6) is 0 Å². The molecule has 0 aromatic heterocycles. The van der Waals surface area contributed by atoms with E-state index in [0.717, 1.165) is 29.6 Å². The van der Waals surface area contributed by atoms with Gasteiger partial charge in [0.15, 0.2) is 0 Å². The maximum atomic E-state index is 2.45. The summed E-state index contributed by atoms with van der Waals surface area (Å²) < 4.78 is 0. The summed E-state index contributed by atoms with van der Waals surface area (Å²) in [4.78, 5) is 0. The standard InChI is InChI=1S/C13H26/c1-6-12(7-9(2)3)13-8-10(4)11(13)5/h9-13H,6-8H2,1-5H3. The minimum Gasteiger partial charge on any atom is -0.0651 e. The van der Waals surface area contributed by atoms with Crippen molar-refractivity contribution >= 4 is 0 Å². The molecule has 1 fully saturated rings. The highest BCUT2D eigenvalue weighted by molar-refractivity contribution is 4.87. The molecule has 0 amide bonds. The summed E-state index contributed by atoms with van der Waals surface area (Å²) in [5.74, 6) is 4.91. The van der Waals surface area contributed by atoms with Crippen LogP contribution in [0.15, 0.2) is 0 Å². The second-order valence-corrected chi connectivity index (χ2v) is 5.53. The quantitative estimate of drug-likeness (QED) is 0.606. The van der Waals surface area contributed by atoms with Crippen molar-refractivity contribution in [3.8, 4) is 0 Å². The van der Waals surface area contributed by atoms with Crippen LogP contribution in [0.1, 0.15) is 53.9 Å². The van der Waals surface area contributed by atoms with Crippen LogP contribution in [-0.4, -0.2) is 0 Å². The summed E-state index contributed by atoms with van der Waals surface area (Å²) in [7, 11) is 0. The van der Waals surface area contributed by atoms with Crippen LogP contribution in [0.2, 0.25) is 0 Å². The van der Waals surface area contributed by atoms with E-state index in [-0.39, 0.29) is 0 Å². The second kappa shape index (κ2) is 4.48. The first-order valence-corrected chi connectivity index (χ1v) is 6.06. The normalized spacial score (nSPS) is 36.0. The summed E-state index contributed by atoms with van der Waals surface area (Å²) in [6.07, 6.45) is 4.32. The molecular formula is C13H26. The van der Waals surface area contributed by atoms with Gasteiger partial charge in [0.1, 0.15) is 0 Å². The maximum Gasteiger partial charge on any atom is -0.0355 e. The third kappa shape index (κ3) is 2.48. The molecule has 0 heterocycles. The molecule has 0 saturated heterocycles. The van der Waals surface area contributed by atoms with Gasteiger partial charge < -0.3 is 0 Å². The summed E-state index contributed by atoms with van der Waals surface area (Å²) in [5, 5.41) is 0. The Bertz CT molecular complexity index is 148. The summed E-state index contributed by atoms with van der Waals surface area (Å²) in [6.45, 7) is 11.9. The van der Waals surface area contributed by atoms with Gasteiger partial charge in [-0.2, -0.15) is 0 Å². The monoisotopic (exact) mass is 182 g/mol. The van der Waals surface area contributed by atoms with Crippen LogP contribution in [0, 0.1) is 29.6 Å². The highest BCUT2D eigenvalue weighted by Gasteiger charge is 2.38. The summed E-state index contributed by atoms with van der Waals surface area (Å²) >= 11 is 0. The van der Waals surface area contributed by atoms with Crippen LogP contribution in [0.3, 0.4) is 0 Å². The molecule has 0 nitrogen and oxygen atoms in total. The zero-order valence-electron chi connectivity index (χ0n) is 10.0. The molecular weight excluding hydrogens is 156 g/mol. The molecule has 4 unspecified atom stereocenters. The largest absolute Gasteiger partial charge is 0.0651 e. The summed E-state index contributed by atoms with van der Waals surface area (Å²) in [5.41, 5.74) is 0. The van der Waals surface area contributed by atoms with E-state index >= 15 is 0 Å². The molecule has 0 bridgehead atoms. The topological polar surface area (TPSA) is 0 Å². The fourth-order valence-corrected chi connectivity index (χ4v) is 2.96. The lowest BCUT2D eigenvalue weighted by molar-refractivity contribution is 0.0371. The zero-order valence-corrected chi connectivity index (χ0v) is 10.0. The Hall–Kier alpha value is 0. The van der Waals surface area contributed by atoms with Crippen LogP contribution in [0.25, 0.3) is 0 Å². The molecule has 1 aliphatic carbocycles. The SMILES string of the molecule is CCC(CC(C)C)C1CC(C)C1C. The molecule has 1 aliphatic rings. The van der Waals surface area contributed by atoms with Crippen molar-refractivity contribution in [2.24, 2.45) is 29.6 Å². The van der Waals surface area contributed by atoms with Crippen LogP contribution >= 0.6 is 0 Å². The van der Waals surface area contributed by atoms with E-state index in [4.69, 9.17) is 0 Å². The Morgan fingerprint density at radius 1 is 1.23 bits per heavy atom. The molecule has 0 radical (unpaired) electrons. The fraction of sp³-hybridized carbons (Fsp3) is 1.00. The van der Waals surface area contributed by atoms with Crippen LogP contribution in [0.4, 0.5) is 0 Å². The van der Waals surface area contributed by atoms with E-state index in [9.17, 15) is 0 Å². The Morgan fingerprint density at radius 2 is 1.85 bits per heavy atom. The predicted octanol–water partition coefficient (Wildman–Crippen LogP) is 4.35. The van der Waals surface area contributed by atoms with Crippen molar-refractivity contribution in [3.05, 3.63) is 0 Å². The van der Waals surface area contributed by atoms with Gasteiger partial charge in [-0.25, -0.2) is 0 Å². The lowest BCUT2D eigenvalue weighted by Gasteiger charge is -2.46. The molecule has 0 aromatic rings. The Labute approximate surface area is 84.1 Å². The predicted molar refractivity (Wildman–Crippen MR) is 59.7 cm³/mol. The first kappa shape index (κ1) is 11.1. The van der Waals surface area contributed by atoms with E-state index in [1.165, 1.54) is 19.3 Å². The highest BCUT2D eigenvalue weighted by atomic mass is 14.4.